The molecule has 0 atom stereocenters. The fourth-order valence-electron chi connectivity index (χ4n) is 3.49. The number of benzene rings is 3. The van der Waals surface area contributed by atoms with E-state index in [9.17, 15) is 4.79 Å². The summed E-state index contributed by atoms with van der Waals surface area (Å²) in [5, 5.41) is 2.88. The molecule has 4 aromatic rings. The lowest BCUT2D eigenvalue weighted by atomic mass is 9.95. The first-order chi connectivity index (χ1) is 15.9. The van der Waals surface area contributed by atoms with Crippen LogP contribution in [0.4, 0.5) is 11.6 Å². The molecule has 1 amide bonds. The van der Waals surface area contributed by atoms with Crippen LogP contribution in [0.25, 0.3) is 11.3 Å². The van der Waals surface area contributed by atoms with E-state index in [0.29, 0.717) is 34.5 Å². The number of carbonyl (C=O) groups excluding carboxylic acids is 1. The number of anilines is 2. The van der Waals surface area contributed by atoms with Crippen molar-refractivity contribution in [2.45, 2.75) is 24.7 Å². The molecule has 1 heterocycles. The minimum absolute atomic E-state index is 0.115. The van der Waals surface area contributed by atoms with Crippen molar-refractivity contribution < 1.29 is 9.53 Å². The number of nitrogens with one attached hydrogen (secondary N) is 1. The van der Waals surface area contributed by atoms with Crippen molar-refractivity contribution >= 4 is 30.2 Å². The Hall–Kier alpha value is -3.84. The highest BCUT2D eigenvalue weighted by Gasteiger charge is 2.13. The van der Waals surface area contributed by atoms with Gasteiger partial charge in [-0.1, -0.05) is 50.2 Å². The van der Waals surface area contributed by atoms with Crippen LogP contribution in [-0.2, 0) is 12.6 Å². The molecule has 0 aliphatic carbocycles. The van der Waals surface area contributed by atoms with Gasteiger partial charge in [0.25, 0.3) is 5.91 Å². The van der Waals surface area contributed by atoms with E-state index in [2.05, 4.69) is 47.8 Å². The Bertz CT molecular complexity index is 1310. The standard InChI is InChI=1S/C26H24N4O2S/c1-16(2)21-11-3-4-12-22(21)23-15-24(30-26(27)29-23)32-19-9-5-7-17(13-19)25(31)28-18-8-6-10-20(33)14-18/h3-16,33H,1-2H3,(H,28,31)(H2,27,29,30)/p+1. The first kappa shape index (κ1) is 22.4. The minimum Gasteiger partial charge on any atom is -0.439 e. The number of nitrogens with two attached hydrogens (primary N) is 1. The van der Waals surface area contributed by atoms with Crippen LogP contribution >= 0.6 is 0 Å². The van der Waals surface area contributed by atoms with Gasteiger partial charge in [-0.25, -0.2) is 4.98 Å². The van der Waals surface area contributed by atoms with Gasteiger partial charge in [0, 0.05) is 28.9 Å². The number of rotatable bonds is 6. The van der Waals surface area contributed by atoms with Crippen molar-refractivity contribution in [1.82, 2.24) is 9.97 Å². The van der Waals surface area contributed by atoms with Gasteiger partial charge in [0.2, 0.25) is 11.8 Å². The molecule has 0 bridgehead atoms. The molecule has 4 rings (SSSR count). The molecule has 0 aliphatic rings. The molecule has 33 heavy (non-hydrogen) atoms. The molecule has 7 heteroatoms. The normalized spacial score (nSPS) is 10.8. The van der Waals surface area contributed by atoms with E-state index in [-0.39, 0.29) is 11.9 Å². The van der Waals surface area contributed by atoms with Gasteiger partial charge in [0.05, 0.1) is 5.69 Å². The third kappa shape index (κ3) is 5.51. The maximum Gasteiger partial charge on any atom is 0.255 e. The zero-order valence-corrected chi connectivity index (χ0v) is 19.4. The van der Waals surface area contributed by atoms with E-state index in [0.717, 1.165) is 16.0 Å². The molecule has 6 nitrogen and oxygen atoms in total. The van der Waals surface area contributed by atoms with E-state index in [1.54, 1.807) is 30.3 Å². The molecule has 0 unspecified atom stereocenters. The fraction of sp³-hybridized carbons (Fsp3) is 0.115. The van der Waals surface area contributed by atoms with Gasteiger partial charge in [0.15, 0.2) is 4.90 Å². The minimum atomic E-state index is -0.244. The predicted molar refractivity (Wildman–Crippen MR) is 135 cm³/mol. The number of nitrogen functional groups attached to an aromatic ring is 1. The summed E-state index contributed by atoms with van der Waals surface area (Å²) in [6, 6.07) is 24.1. The lowest BCUT2D eigenvalue weighted by Gasteiger charge is -2.13. The Kier molecular flexibility index (Phi) is 6.60. The summed E-state index contributed by atoms with van der Waals surface area (Å²) in [6.07, 6.45) is 0. The van der Waals surface area contributed by atoms with Gasteiger partial charge in [0.1, 0.15) is 5.75 Å². The summed E-state index contributed by atoms with van der Waals surface area (Å²) >= 11 is 3.46. The molecule has 0 saturated heterocycles. The van der Waals surface area contributed by atoms with Crippen LogP contribution in [0.5, 0.6) is 11.6 Å². The number of amides is 1. The fourth-order valence-corrected chi connectivity index (χ4v) is 3.74. The van der Waals surface area contributed by atoms with Crippen molar-refractivity contribution in [3.8, 4) is 22.9 Å². The first-order valence-electron chi connectivity index (χ1n) is 10.5. The van der Waals surface area contributed by atoms with Crippen LogP contribution in [-0.4, -0.2) is 15.9 Å². The summed E-state index contributed by atoms with van der Waals surface area (Å²) in [6.45, 7) is 4.26. The summed E-state index contributed by atoms with van der Waals surface area (Å²) in [5.41, 5.74) is 9.96. The molecule has 0 spiro atoms. The number of ether oxygens (including phenoxy) is 1. The zero-order chi connectivity index (χ0) is 23.4. The Morgan fingerprint density at radius 2 is 1.76 bits per heavy atom. The van der Waals surface area contributed by atoms with Gasteiger partial charge in [-0.15, -0.1) is 0 Å². The maximum absolute atomic E-state index is 12.7. The van der Waals surface area contributed by atoms with E-state index in [1.165, 1.54) is 0 Å². The molecule has 0 fully saturated rings. The highest BCUT2D eigenvalue weighted by molar-refractivity contribution is 7.58. The topological polar surface area (TPSA) is 90.1 Å². The predicted octanol–water partition coefficient (Wildman–Crippen LogP) is 5.26. The van der Waals surface area contributed by atoms with Crippen molar-refractivity contribution in [1.29, 1.82) is 0 Å². The largest absolute Gasteiger partial charge is 0.439 e. The van der Waals surface area contributed by atoms with Crippen LogP contribution in [0.2, 0.25) is 0 Å². The molecule has 0 aliphatic heterocycles. The molecule has 0 radical (unpaired) electrons. The van der Waals surface area contributed by atoms with Crippen LogP contribution in [0.15, 0.2) is 83.8 Å². The Morgan fingerprint density at radius 3 is 2.55 bits per heavy atom. The summed E-state index contributed by atoms with van der Waals surface area (Å²) in [5.74, 6) is 0.969. The van der Waals surface area contributed by atoms with E-state index < -0.39 is 0 Å². The van der Waals surface area contributed by atoms with Crippen LogP contribution in [0.3, 0.4) is 0 Å². The quantitative estimate of drug-likeness (QED) is 0.385. The zero-order valence-electron chi connectivity index (χ0n) is 18.4. The van der Waals surface area contributed by atoms with Crippen molar-refractivity contribution in [2.24, 2.45) is 0 Å². The molecule has 3 aromatic carbocycles. The lowest BCUT2D eigenvalue weighted by Crippen LogP contribution is -2.11. The highest BCUT2D eigenvalue weighted by atomic mass is 32.1. The van der Waals surface area contributed by atoms with Crippen molar-refractivity contribution in [3.05, 3.63) is 90.0 Å². The lowest BCUT2D eigenvalue weighted by molar-refractivity contribution is 0.102. The number of hydrogen-bond acceptors (Lipinski definition) is 5. The third-order valence-corrected chi connectivity index (χ3v) is 5.33. The average Bonchev–Trinajstić information content (AvgIpc) is 2.79. The third-order valence-electron chi connectivity index (χ3n) is 5.02. The summed E-state index contributed by atoms with van der Waals surface area (Å²) < 4.78 is 5.96. The second-order valence-electron chi connectivity index (χ2n) is 7.86. The Morgan fingerprint density at radius 1 is 0.970 bits per heavy atom. The van der Waals surface area contributed by atoms with Gasteiger partial charge in [-0.2, -0.15) is 4.98 Å². The SMILES string of the molecule is CC(C)c1ccccc1-c1cc(Oc2cccc(C(=O)Nc3cccc([SH2+])c3)c2)nc(N)n1. The maximum atomic E-state index is 12.7. The van der Waals surface area contributed by atoms with Crippen molar-refractivity contribution in [3.63, 3.8) is 0 Å². The Labute approximate surface area is 198 Å². The van der Waals surface area contributed by atoms with Gasteiger partial charge < -0.3 is 15.8 Å². The second-order valence-corrected chi connectivity index (χ2v) is 8.43. The van der Waals surface area contributed by atoms with Crippen LogP contribution in [0.1, 0.15) is 35.7 Å². The summed E-state index contributed by atoms with van der Waals surface area (Å²) in [7, 11) is 0. The van der Waals surface area contributed by atoms with Crippen LogP contribution in [0, 0.1) is 0 Å². The first-order valence-corrected chi connectivity index (χ1v) is 11.0. The van der Waals surface area contributed by atoms with Gasteiger partial charge in [-0.05, 0) is 54.4 Å². The van der Waals surface area contributed by atoms with Gasteiger partial charge in [-0.3, -0.25) is 4.79 Å². The van der Waals surface area contributed by atoms with E-state index in [1.807, 2.05) is 42.5 Å². The summed E-state index contributed by atoms with van der Waals surface area (Å²) in [4.78, 5) is 22.2. The van der Waals surface area contributed by atoms with Crippen molar-refractivity contribution in [2.75, 3.05) is 11.1 Å². The number of hydrogen-bond donors (Lipinski definition) is 2. The second kappa shape index (κ2) is 9.75. The monoisotopic (exact) mass is 457 g/mol. The van der Waals surface area contributed by atoms with Gasteiger partial charge >= 0.3 is 0 Å². The molecule has 1 aromatic heterocycles. The number of carbonyl (C=O) groups is 1. The van der Waals surface area contributed by atoms with Crippen LogP contribution < -0.4 is 15.8 Å². The molecule has 0 saturated carbocycles. The van der Waals surface area contributed by atoms with E-state index in [4.69, 9.17) is 10.5 Å². The molecule has 3 N–H and O–H groups in total. The highest BCUT2D eigenvalue weighted by Crippen LogP contribution is 2.31. The molecule has 166 valence electrons. The number of nitrogens with zero attached hydrogens (tertiary/aromatic N) is 2. The molecular formula is C26H25N4O2S+. The molecular weight excluding hydrogens is 432 g/mol. The Balaban J connectivity index is 1.58. The smallest absolute Gasteiger partial charge is 0.255 e. The number of aromatic nitrogens is 2. The average molecular weight is 458 g/mol. The van der Waals surface area contributed by atoms with E-state index >= 15 is 0 Å².